The monoisotopic (exact) mass is 298 g/mol. The molecule has 110 valence electrons. The number of aromatic nitrogens is 3. The van der Waals surface area contributed by atoms with Gasteiger partial charge in [0.25, 0.3) is 5.56 Å². The Labute approximate surface area is 119 Å². The Morgan fingerprint density at radius 2 is 2.20 bits per heavy atom. The number of hydrogen-bond acceptors (Lipinski definition) is 6. The van der Waals surface area contributed by atoms with E-state index >= 15 is 0 Å². The van der Waals surface area contributed by atoms with Gasteiger partial charge in [-0.25, -0.2) is 4.98 Å². The smallest absolute Gasteiger partial charge is 0.275 e. The fraction of sp³-hybridized carbons (Fsp3) is 0.500. The van der Waals surface area contributed by atoms with Crippen LogP contribution in [-0.2, 0) is 0 Å². The first-order valence-corrected chi connectivity index (χ1v) is 7.62. The van der Waals surface area contributed by atoms with Crippen molar-refractivity contribution in [1.82, 2.24) is 20.3 Å². The molecular weight excluding hydrogens is 280 g/mol. The topological polar surface area (TPSA) is 114 Å². The molecule has 2 aromatic heterocycles. The molecule has 7 nitrogen and oxygen atoms in total. The highest BCUT2D eigenvalue weighted by Crippen LogP contribution is 2.20. The highest BCUT2D eigenvalue weighted by Gasteiger charge is 2.20. The minimum Gasteiger partial charge on any atom is -0.395 e. The second-order valence-electron chi connectivity index (χ2n) is 4.44. The van der Waals surface area contributed by atoms with Gasteiger partial charge in [0.05, 0.1) is 25.6 Å². The summed E-state index contributed by atoms with van der Waals surface area (Å²) in [5.41, 5.74) is 1.38. The number of fused-ring (bicyclic) bond motifs is 1. The molecule has 20 heavy (non-hydrogen) atoms. The zero-order chi connectivity index (χ0) is 14.5. The van der Waals surface area contributed by atoms with Crippen molar-refractivity contribution >= 4 is 22.8 Å². The molecule has 0 aliphatic rings. The molecular formula is C12H18N4O3S. The van der Waals surface area contributed by atoms with Crippen LogP contribution in [0.25, 0.3) is 11.0 Å². The van der Waals surface area contributed by atoms with E-state index in [2.05, 4.69) is 20.3 Å². The predicted octanol–water partition coefficient (Wildman–Crippen LogP) is -0.402. The van der Waals surface area contributed by atoms with Crippen LogP contribution in [0.3, 0.4) is 0 Å². The second-order valence-corrected chi connectivity index (χ2v) is 5.35. The predicted molar refractivity (Wildman–Crippen MR) is 78.9 cm³/mol. The Morgan fingerprint density at radius 1 is 1.40 bits per heavy atom. The van der Waals surface area contributed by atoms with Crippen molar-refractivity contribution in [2.45, 2.75) is 12.1 Å². The number of aromatic amines is 2. The molecule has 2 rings (SSSR count). The van der Waals surface area contributed by atoms with Crippen LogP contribution in [-0.4, -0.2) is 56.4 Å². The SMILES string of the molecule is CSCC(CO)NC(CO)c1c[nH]c2c(=O)[nH]cnc12. The average molecular weight is 298 g/mol. The molecule has 0 aliphatic carbocycles. The minimum atomic E-state index is -0.387. The lowest BCUT2D eigenvalue weighted by Gasteiger charge is -2.22. The van der Waals surface area contributed by atoms with Crippen molar-refractivity contribution in [2.24, 2.45) is 0 Å². The molecule has 8 heteroatoms. The van der Waals surface area contributed by atoms with Gasteiger partial charge in [-0.15, -0.1) is 0 Å². The van der Waals surface area contributed by atoms with E-state index in [0.717, 1.165) is 5.75 Å². The molecule has 0 aromatic carbocycles. The van der Waals surface area contributed by atoms with Gasteiger partial charge >= 0.3 is 0 Å². The number of H-pyrrole nitrogens is 2. The maximum absolute atomic E-state index is 11.6. The fourth-order valence-corrected chi connectivity index (χ4v) is 2.72. The third kappa shape index (κ3) is 3.04. The quantitative estimate of drug-likeness (QED) is 0.475. The summed E-state index contributed by atoms with van der Waals surface area (Å²) in [6, 6.07) is -0.517. The van der Waals surface area contributed by atoms with E-state index in [0.29, 0.717) is 16.6 Å². The summed E-state index contributed by atoms with van der Waals surface area (Å²) < 4.78 is 0. The van der Waals surface area contributed by atoms with E-state index in [4.69, 9.17) is 0 Å². The van der Waals surface area contributed by atoms with E-state index in [9.17, 15) is 15.0 Å². The summed E-state index contributed by atoms with van der Waals surface area (Å²) >= 11 is 1.61. The van der Waals surface area contributed by atoms with Crippen LogP contribution in [0.15, 0.2) is 17.3 Å². The van der Waals surface area contributed by atoms with E-state index < -0.39 is 0 Å². The second kappa shape index (κ2) is 6.89. The molecule has 2 unspecified atom stereocenters. The van der Waals surface area contributed by atoms with Crippen molar-refractivity contribution in [2.75, 3.05) is 25.2 Å². The molecule has 2 aromatic rings. The first-order chi connectivity index (χ1) is 9.71. The van der Waals surface area contributed by atoms with Crippen LogP contribution in [0.5, 0.6) is 0 Å². The van der Waals surface area contributed by atoms with E-state index in [1.54, 1.807) is 18.0 Å². The van der Waals surface area contributed by atoms with Gasteiger partial charge in [-0.05, 0) is 6.26 Å². The number of aliphatic hydroxyl groups is 2. The number of nitrogens with one attached hydrogen (secondary N) is 3. The fourth-order valence-electron chi connectivity index (χ4n) is 2.12. The van der Waals surface area contributed by atoms with Crippen molar-refractivity contribution in [1.29, 1.82) is 0 Å². The molecule has 0 bridgehead atoms. The average Bonchev–Trinajstić information content (AvgIpc) is 2.89. The molecule has 0 aliphatic heterocycles. The van der Waals surface area contributed by atoms with Crippen molar-refractivity contribution in [3.8, 4) is 0 Å². The standard InChI is InChI=1S/C12H18N4O3S/c1-20-5-7(3-17)16-9(4-18)8-2-13-11-10(8)14-6-15-12(11)19/h2,6-7,9,13,16-18H,3-5H2,1H3,(H,14,15,19). The number of aliphatic hydroxyl groups excluding tert-OH is 2. The van der Waals surface area contributed by atoms with Crippen LogP contribution >= 0.6 is 11.8 Å². The van der Waals surface area contributed by atoms with Crippen molar-refractivity contribution in [3.63, 3.8) is 0 Å². The molecule has 2 heterocycles. The summed E-state index contributed by atoms with van der Waals surface area (Å²) in [5.74, 6) is 0.726. The molecule has 5 N–H and O–H groups in total. The maximum Gasteiger partial charge on any atom is 0.275 e. The lowest BCUT2D eigenvalue weighted by molar-refractivity contribution is 0.202. The molecule has 2 atom stereocenters. The Bertz CT molecular complexity index is 612. The van der Waals surface area contributed by atoms with Crippen LogP contribution in [0.1, 0.15) is 11.6 Å². The first-order valence-electron chi connectivity index (χ1n) is 6.22. The summed E-state index contributed by atoms with van der Waals surface area (Å²) in [6.45, 7) is -0.167. The van der Waals surface area contributed by atoms with Crippen LogP contribution in [0.4, 0.5) is 0 Å². The van der Waals surface area contributed by atoms with Gasteiger partial charge in [-0.3, -0.25) is 4.79 Å². The third-order valence-corrected chi connectivity index (χ3v) is 3.82. The number of nitrogens with zero attached hydrogens (tertiary/aromatic N) is 1. The largest absolute Gasteiger partial charge is 0.395 e. The zero-order valence-electron chi connectivity index (χ0n) is 11.1. The van der Waals surface area contributed by atoms with Gasteiger partial charge in [0, 0.05) is 23.6 Å². The van der Waals surface area contributed by atoms with Gasteiger partial charge in [0.2, 0.25) is 0 Å². The van der Waals surface area contributed by atoms with E-state index in [1.807, 2.05) is 6.26 Å². The Morgan fingerprint density at radius 3 is 2.85 bits per heavy atom. The zero-order valence-corrected chi connectivity index (χ0v) is 11.9. The molecule has 0 radical (unpaired) electrons. The van der Waals surface area contributed by atoms with Gasteiger partial charge in [-0.2, -0.15) is 11.8 Å². The van der Waals surface area contributed by atoms with Gasteiger partial charge in [0.1, 0.15) is 11.0 Å². The minimum absolute atomic E-state index is 0.0201. The summed E-state index contributed by atoms with van der Waals surface area (Å²) in [7, 11) is 0. The molecule has 0 fully saturated rings. The normalized spacial score (nSPS) is 14.6. The van der Waals surface area contributed by atoms with Crippen molar-refractivity contribution in [3.05, 3.63) is 28.4 Å². The Hall–Kier alpha value is -1.35. The Balaban J connectivity index is 2.30. The summed E-state index contributed by atoms with van der Waals surface area (Å²) in [6.07, 6.45) is 4.95. The van der Waals surface area contributed by atoms with Crippen LogP contribution in [0.2, 0.25) is 0 Å². The molecule has 0 spiro atoms. The highest BCUT2D eigenvalue weighted by molar-refractivity contribution is 7.98. The molecule has 0 saturated heterocycles. The number of rotatable bonds is 7. The van der Waals surface area contributed by atoms with Crippen LogP contribution in [0, 0.1) is 0 Å². The number of thioether (sulfide) groups is 1. The Kier molecular flexibility index (Phi) is 5.18. The molecule has 0 amide bonds. The third-order valence-electron chi connectivity index (χ3n) is 3.08. The highest BCUT2D eigenvalue weighted by atomic mass is 32.2. The first kappa shape index (κ1) is 15.0. The lowest BCUT2D eigenvalue weighted by atomic mass is 10.1. The van der Waals surface area contributed by atoms with Gasteiger partial charge in [0.15, 0.2) is 0 Å². The van der Waals surface area contributed by atoms with E-state index in [-0.39, 0.29) is 30.9 Å². The van der Waals surface area contributed by atoms with Crippen LogP contribution < -0.4 is 10.9 Å². The van der Waals surface area contributed by atoms with E-state index in [1.165, 1.54) is 6.33 Å². The summed E-state index contributed by atoms with van der Waals surface area (Å²) in [5, 5.41) is 22.1. The summed E-state index contributed by atoms with van der Waals surface area (Å²) in [4.78, 5) is 21.1. The van der Waals surface area contributed by atoms with Gasteiger partial charge < -0.3 is 25.5 Å². The van der Waals surface area contributed by atoms with Gasteiger partial charge in [-0.1, -0.05) is 0 Å². The molecule has 0 saturated carbocycles. The lowest BCUT2D eigenvalue weighted by Crippen LogP contribution is -2.39. The maximum atomic E-state index is 11.6. The van der Waals surface area contributed by atoms with Crippen molar-refractivity contribution < 1.29 is 10.2 Å². The number of hydrogen-bond donors (Lipinski definition) is 5.